The predicted molar refractivity (Wildman–Crippen MR) is 130 cm³/mol. The fraction of sp³-hybridized carbons (Fsp3) is 0.722. The van der Waals surface area contributed by atoms with Gasteiger partial charge in [0.2, 0.25) is 23.6 Å². The molecule has 0 aromatic carbocycles. The molecule has 4 atom stereocenters. The van der Waals surface area contributed by atoms with E-state index in [1.807, 2.05) is 6.26 Å². The van der Waals surface area contributed by atoms with Crippen molar-refractivity contribution in [2.24, 2.45) is 11.5 Å². The molecule has 0 aliphatic carbocycles. The van der Waals surface area contributed by atoms with E-state index in [4.69, 9.17) is 11.5 Å². The molecule has 32 heavy (non-hydrogen) atoms. The molecule has 0 aromatic rings. The summed E-state index contributed by atoms with van der Waals surface area (Å²) < 4.78 is 0. The second-order valence-electron chi connectivity index (χ2n) is 6.88. The summed E-state index contributed by atoms with van der Waals surface area (Å²) in [5.74, 6) is -2.73. The maximum Gasteiger partial charge on any atom is 0.326 e. The minimum atomic E-state index is -1.21. The first-order valence-corrected chi connectivity index (χ1v) is 13.3. The zero-order valence-corrected chi connectivity index (χ0v) is 20.7. The molecular formula is C18H33N5O6S3. The highest BCUT2D eigenvalue weighted by molar-refractivity contribution is 7.98. The number of primary amides is 1. The van der Waals surface area contributed by atoms with Crippen LogP contribution in [0, 0.1) is 0 Å². The van der Waals surface area contributed by atoms with E-state index in [1.165, 1.54) is 23.5 Å². The van der Waals surface area contributed by atoms with E-state index >= 15 is 0 Å². The average Bonchev–Trinajstić information content (AvgIpc) is 2.75. The van der Waals surface area contributed by atoms with Gasteiger partial charge in [0.15, 0.2) is 0 Å². The maximum absolute atomic E-state index is 12.8. The van der Waals surface area contributed by atoms with Gasteiger partial charge < -0.3 is 32.5 Å². The molecule has 4 amide bonds. The number of carbonyl (C=O) groups excluding carboxylic acids is 4. The van der Waals surface area contributed by atoms with Crippen molar-refractivity contribution in [1.82, 2.24) is 16.0 Å². The van der Waals surface area contributed by atoms with E-state index in [0.717, 1.165) is 0 Å². The van der Waals surface area contributed by atoms with Crippen molar-refractivity contribution < 1.29 is 29.1 Å². The Balaban J connectivity index is 5.44. The summed E-state index contributed by atoms with van der Waals surface area (Å²) in [5.41, 5.74) is 10.8. The summed E-state index contributed by atoms with van der Waals surface area (Å²) in [6.07, 6.45) is 3.77. The lowest BCUT2D eigenvalue weighted by atomic mass is 10.1. The first-order chi connectivity index (χ1) is 15.1. The summed E-state index contributed by atoms with van der Waals surface area (Å²) in [6, 6.07) is -4.25. The zero-order valence-electron chi connectivity index (χ0n) is 18.2. The number of nitrogens with two attached hydrogens (primary N) is 2. The molecule has 4 unspecified atom stereocenters. The number of carboxylic acid groups (broad SMARTS) is 1. The molecule has 0 heterocycles. The van der Waals surface area contributed by atoms with Gasteiger partial charge in [-0.25, -0.2) is 4.79 Å². The molecule has 14 heteroatoms. The van der Waals surface area contributed by atoms with E-state index in [0.29, 0.717) is 11.5 Å². The van der Waals surface area contributed by atoms with Crippen molar-refractivity contribution in [1.29, 1.82) is 0 Å². The highest BCUT2D eigenvalue weighted by Crippen LogP contribution is 2.06. The van der Waals surface area contributed by atoms with E-state index in [1.54, 1.807) is 6.26 Å². The largest absolute Gasteiger partial charge is 0.480 e. The third kappa shape index (κ3) is 12.4. The number of hydrogen-bond donors (Lipinski definition) is 7. The Labute approximate surface area is 201 Å². The Bertz CT molecular complexity index is 655. The molecule has 0 aliphatic heterocycles. The fourth-order valence-corrected chi connectivity index (χ4v) is 3.57. The standard InChI is InChI=1S/C18H33N5O6S3/c1-31-7-5-12(21-15(25)10(19)9-30)17(27)22-11(3-4-14(20)24)16(26)23-13(18(28)29)6-8-32-2/h10-13,30H,3-9,19H2,1-2H3,(H2,20,24)(H,21,25)(H,22,27)(H,23,26)(H,28,29). The van der Waals surface area contributed by atoms with E-state index in [2.05, 4.69) is 28.6 Å². The normalized spacial score (nSPS) is 14.5. The zero-order chi connectivity index (χ0) is 24.7. The van der Waals surface area contributed by atoms with Gasteiger partial charge in [-0.05, 0) is 43.3 Å². The van der Waals surface area contributed by atoms with Crippen molar-refractivity contribution in [2.75, 3.05) is 29.8 Å². The van der Waals surface area contributed by atoms with Crippen LogP contribution in [-0.4, -0.2) is 88.6 Å². The first-order valence-electron chi connectivity index (χ1n) is 9.83. The number of rotatable bonds is 17. The SMILES string of the molecule is CSCCC(NC(=O)C(CCC(N)=O)NC(=O)C(CCSC)NC(=O)C(N)CS)C(=O)O. The van der Waals surface area contributed by atoms with Crippen molar-refractivity contribution >= 4 is 65.8 Å². The van der Waals surface area contributed by atoms with Gasteiger partial charge in [0.25, 0.3) is 0 Å². The van der Waals surface area contributed by atoms with E-state index in [-0.39, 0.29) is 31.4 Å². The Hall–Kier alpha value is -1.64. The number of aliphatic carboxylic acids is 1. The van der Waals surface area contributed by atoms with Gasteiger partial charge in [0, 0.05) is 12.2 Å². The molecular weight excluding hydrogens is 478 g/mol. The van der Waals surface area contributed by atoms with Gasteiger partial charge in [-0.3, -0.25) is 19.2 Å². The van der Waals surface area contributed by atoms with Crippen LogP contribution in [0.1, 0.15) is 25.7 Å². The Morgan fingerprint density at radius 3 is 1.72 bits per heavy atom. The van der Waals surface area contributed by atoms with Crippen LogP contribution in [0.2, 0.25) is 0 Å². The topological polar surface area (TPSA) is 194 Å². The van der Waals surface area contributed by atoms with Crippen molar-refractivity contribution in [3.8, 4) is 0 Å². The van der Waals surface area contributed by atoms with Crippen molar-refractivity contribution in [2.45, 2.75) is 49.9 Å². The summed E-state index contributed by atoms with van der Waals surface area (Å²) >= 11 is 6.85. The summed E-state index contributed by atoms with van der Waals surface area (Å²) in [7, 11) is 0. The number of amides is 4. The fourth-order valence-electron chi connectivity index (χ4n) is 2.46. The first kappa shape index (κ1) is 30.4. The molecule has 184 valence electrons. The summed E-state index contributed by atoms with van der Waals surface area (Å²) in [4.78, 5) is 60.3. The Kier molecular flexibility index (Phi) is 16.1. The predicted octanol–water partition coefficient (Wildman–Crippen LogP) is -1.45. The van der Waals surface area contributed by atoms with Crippen LogP contribution in [0.5, 0.6) is 0 Å². The molecule has 11 nitrogen and oxygen atoms in total. The number of hydrogen-bond acceptors (Lipinski definition) is 9. The van der Waals surface area contributed by atoms with E-state index in [9.17, 15) is 29.1 Å². The van der Waals surface area contributed by atoms with Gasteiger partial charge in [-0.2, -0.15) is 36.2 Å². The van der Waals surface area contributed by atoms with Crippen LogP contribution in [0.3, 0.4) is 0 Å². The third-order valence-corrected chi connectivity index (χ3v) is 6.00. The lowest BCUT2D eigenvalue weighted by Gasteiger charge is -2.25. The third-order valence-electron chi connectivity index (χ3n) is 4.31. The van der Waals surface area contributed by atoms with Gasteiger partial charge in [0.1, 0.15) is 18.1 Å². The van der Waals surface area contributed by atoms with E-state index < -0.39 is 53.8 Å². The smallest absolute Gasteiger partial charge is 0.326 e. The maximum atomic E-state index is 12.8. The van der Waals surface area contributed by atoms with Crippen molar-refractivity contribution in [3.63, 3.8) is 0 Å². The van der Waals surface area contributed by atoms with Gasteiger partial charge in [-0.15, -0.1) is 0 Å². The molecule has 0 aromatic heterocycles. The minimum Gasteiger partial charge on any atom is -0.480 e. The summed E-state index contributed by atoms with van der Waals surface area (Å²) in [6.45, 7) is 0. The molecule has 0 spiro atoms. The number of nitrogens with one attached hydrogen (secondary N) is 3. The van der Waals surface area contributed by atoms with Crippen molar-refractivity contribution in [3.05, 3.63) is 0 Å². The van der Waals surface area contributed by atoms with Crippen LogP contribution in [0.15, 0.2) is 0 Å². The van der Waals surface area contributed by atoms with Crippen LogP contribution < -0.4 is 27.4 Å². The Morgan fingerprint density at radius 2 is 1.28 bits per heavy atom. The average molecular weight is 512 g/mol. The molecule has 0 fully saturated rings. The van der Waals surface area contributed by atoms with Crippen LogP contribution in [-0.2, 0) is 24.0 Å². The molecule has 0 aliphatic rings. The number of thioether (sulfide) groups is 2. The van der Waals surface area contributed by atoms with Crippen LogP contribution >= 0.6 is 36.2 Å². The molecule has 0 saturated carbocycles. The highest BCUT2D eigenvalue weighted by Gasteiger charge is 2.30. The summed E-state index contributed by atoms with van der Waals surface area (Å²) in [5, 5.41) is 16.8. The van der Waals surface area contributed by atoms with Gasteiger partial charge >= 0.3 is 5.97 Å². The number of carbonyl (C=O) groups is 5. The molecule has 0 saturated heterocycles. The molecule has 0 radical (unpaired) electrons. The van der Waals surface area contributed by atoms with Crippen LogP contribution in [0.25, 0.3) is 0 Å². The minimum absolute atomic E-state index is 0.0823. The second-order valence-corrected chi connectivity index (χ2v) is 9.22. The molecule has 0 bridgehead atoms. The quantitative estimate of drug-likeness (QED) is 0.114. The monoisotopic (exact) mass is 511 g/mol. The number of thiol groups is 1. The molecule has 0 rings (SSSR count). The second kappa shape index (κ2) is 16.9. The van der Waals surface area contributed by atoms with Gasteiger partial charge in [0.05, 0.1) is 6.04 Å². The van der Waals surface area contributed by atoms with Gasteiger partial charge in [-0.1, -0.05) is 0 Å². The van der Waals surface area contributed by atoms with Crippen LogP contribution in [0.4, 0.5) is 0 Å². The molecule has 8 N–H and O–H groups in total. The lowest BCUT2D eigenvalue weighted by Crippen LogP contribution is -2.57. The Morgan fingerprint density at radius 1 is 0.844 bits per heavy atom. The highest BCUT2D eigenvalue weighted by atomic mass is 32.2. The number of carboxylic acids is 1. The lowest BCUT2D eigenvalue weighted by molar-refractivity contribution is -0.142.